The number of hydrogen-bond donors (Lipinski definition) is 1. The van der Waals surface area contributed by atoms with Gasteiger partial charge in [0.2, 0.25) is 0 Å². The first-order chi connectivity index (χ1) is 10.3. The van der Waals surface area contributed by atoms with Crippen molar-refractivity contribution >= 4 is 10.9 Å². The molecule has 108 valence electrons. The fourth-order valence-corrected chi connectivity index (χ4v) is 2.54. The molecule has 2 heterocycles. The van der Waals surface area contributed by atoms with Crippen molar-refractivity contribution in [1.29, 1.82) is 0 Å². The number of aryl methyl sites for hydroxylation is 1. The Labute approximate surface area is 124 Å². The minimum atomic E-state index is 0.236. The Morgan fingerprint density at radius 3 is 2.95 bits per heavy atom. The van der Waals surface area contributed by atoms with E-state index in [-0.39, 0.29) is 6.04 Å². The summed E-state index contributed by atoms with van der Waals surface area (Å²) in [6.45, 7) is 4.10. The minimum Gasteiger partial charge on any atom is -0.347 e. The maximum absolute atomic E-state index is 4.32. The van der Waals surface area contributed by atoms with E-state index in [2.05, 4.69) is 63.3 Å². The van der Waals surface area contributed by atoms with Crippen LogP contribution >= 0.6 is 0 Å². The zero-order valence-corrected chi connectivity index (χ0v) is 12.2. The van der Waals surface area contributed by atoms with Gasteiger partial charge in [-0.3, -0.25) is 9.97 Å². The van der Waals surface area contributed by atoms with Gasteiger partial charge >= 0.3 is 0 Å². The highest BCUT2D eigenvalue weighted by molar-refractivity contribution is 5.79. The zero-order chi connectivity index (χ0) is 14.5. The maximum Gasteiger partial charge on any atom is 0.0753 e. The van der Waals surface area contributed by atoms with Crippen molar-refractivity contribution in [2.24, 2.45) is 0 Å². The van der Waals surface area contributed by atoms with Crippen LogP contribution in [0.3, 0.4) is 0 Å². The predicted molar refractivity (Wildman–Crippen MR) is 85.0 cm³/mol. The van der Waals surface area contributed by atoms with E-state index in [1.807, 2.05) is 6.20 Å². The first-order valence-corrected chi connectivity index (χ1v) is 7.38. The first-order valence-electron chi connectivity index (χ1n) is 7.38. The maximum atomic E-state index is 4.32. The van der Waals surface area contributed by atoms with E-state index in [0.29, 0.717) is 0 Å². The van der Waals surface area contributed by atoms with Gasteiger partial charge in [-0.25, -0.2) is 0 Å². The Kier molecular flexibility index (Phi) is 4.26. The molecule has 0 aliphatic rings. The molecule has 4 nitrogen and oxygen atoms in total. The topological polar surface area (TPSA) is 42.7 Å². The van der Waals surface area contributed by atoms with Crippen LogP contribution in [0, 0.1) is 0 Å². The molecule has 0 amide bonds. The quantitative estimate of drug-likeness (QED) is 0.705. The second-order valence-electron chi connectivity index (χ2n) is 5.23. The van der Waals surface area contributed by atoms with E-state index in [0.717, 1.165) is 25.2 Å². The third-order valence-corrected chi connectivity index (χ3v) is 3.73. The summed E-state index contributed by atoms with van der Waals surface area (Å²) in [5.41, 5.74) is 2.29. The summed E-state index contributed by atoms with van der Waals surface area (Å²) in [6.07, 6.45) is 8.50. The Hall–Kier alpha value is -2.20. The van der Waals surface area contributed by atoms with Crippen molar-refractivity contribution in [1.82, 2.24) is 19.9 Å². The standard InChI is InChI=1S/C17H20N4/c1-14(16-13-18-9-10-20-16)19-8-4-11-21-12-7-15-5-2-3-6-17(15)21/h2-3,5-7,9-10,12-14,19H,4,8,11H2,1H3. The van der Waals surface area contributed by atoms with Crippen molar-refractivity contribution in [3.63, 3.8) is 0 Å². The van der Waals surface area contributed by atoms with Crippen LogP contribution in [0.4, 0.5) is 0 Å². The molecule has 0 saturated carbocycles. The molecule has 1 atom stereocenters. The van der Waals surface area contributed by atoms with E-state index in [1.54, 1.807) is 12.4 Å². The molecule has 2 aromatic heterocycles. The lowest BCUT2D eigenvalue weighted by Gasteiger charge is -2.13. The molecule has 0 radical (unpaired) electrons. The van der Waals surface area contributed by atoms with Gasteiger partial charge in [0.15, 0.2) is 0 Å². The normalized spacial score (nSPS) is 12.6. The van der Waals surface area contributed by atoms with Gasteiger partial charge < -0.3 is 9.88 Å². The van der Waals surface area contributed by atoms with Gasteiger partial charge in [-0.05, 0) is 37.4 Å². The SMILES string of the molecule is CC(NCCCn1ccc2ccccc21)c1cnccn1. The largest absolute Gasteiger partial charge is 0.347 e. The summed E-state index contributed by atoms with van der Waals surface area (Å²) in [4.78, 5) is 8.42. The highest BCUT2D eigenvalue weighted by Gasteiger charge is 2.05. The molecule has 0 saturated heterocycles. The van der Waals surface area contributed by atoms with Crippen LogP contribution in [-0.4, -0.2) is 21.1 Å². The second kappa shape index (κ2) is 6.50. The Morgan fingerprint density at radius 2 is 2.10 bits per heavy atom. The third-order valence-electron chi connectivity index (χ3n) is 3.73. The van der Waals surface area contributed by atoms with Crippen LogP contribution in [-0.2, 0) is 6.54 Å². The zero-order valence-electron chi connectivity index (χ0n) is 12.2. The fourth-order valence-electron chi connectivity index (χ4n) is 2.54. The monoisotopic (exact) mass is 280 g/mol. The van der Waals surface area contributed by atoms with E-state index in [4.69, 9.17) is 0 Å². The molecule has 1 N–H and O–H groups in total. The lowest BCUT2D eigenvalue weighted by atomic mass is 10.2. The average Bonchev–Trinajstić information content (AvgIpc) is 2.95. The summed E-state index contributed by atoms with van der Waals surface area (Å²) in [5.74, 6) is 0. The number of benzene rings is 1. The Morgan fingerprint density at radius 1 is 1.19 bits per heavy atom. The molecule has 1 aromatic carbocycles. The molecule has 3 aromatic rings. The Bertz CT molecular complexity index is 690. The molecule has 1 unspecified atom stereocenters. The molecule has 0 aliphatic carbocycles. The number of hydrogen-bond acceptors (Lipinski definition) is 3. The van der Waals surface area contributed by atoms with Gasteiger partial charge in [-0.2, -0.15) is 0 Å². The van der Waals surface area contributed by atoms with Gasteiger partial charge in [0.1, 0.15) is 0 Å². The third kappa shape index (κ3) is 3.28. The predicted octanol–water partition coefficient (Wildman–Crippen LogP) is 3.17. The average molecular weight is 280 g/mol. The van der Waals surface area contributed by atoms with E-state index >= 15 is 0 Å². The van der Waals surface area contributed by atoms with Crippen LogP contribution in [0.25, 0.3) is 10.9 Å². The van der Waals surface area contributed by atoms with Gasteiger partial charge in [0.25, 0.3) is 0 Å². The number of fused-ring (bicyclic) bond motifs is 1. The minimum absolute atomic E-state index is 0.236. The van der Waals surface area contributed by atoms with Gasteiger partial charge in [0, 0.05) is 42.9 Å². The number of nitrogens with zero attached hydrogens (tertiary/aromatic N) is 3. The highest BCUT2D eigenvalue weighted by atomic mass is 15.0. The summed E-state index contributed by atoms with van der Waals surface area (Å²) >= 11 is 0. The number of para-hydroxylation sites is 1. The fraction of sp³-hybridized carbons (Fsp3) is 0.294. The first kappa shape index (κ1) is 13.8. The van der Waals surface area contributed by atoms with Gasteiger partial charge in [-0.1, -0.05) is 18.2 Å². The Balaban J connectivity index is 1.50. The summed E-state index contributed by atoms with van der Waals surface area (Å²) in [6, 6.07) is 10.9. The lowest BCUT2D eigenvalue weighted by molar-refractivity contribution is 0.522. The number of rotatable bonds is 6. The lowest BCUT2D eigenvalue weighted by Crippen LogP contribution is -2.21. The van der Waals surface area contributed by atoms with Crippen LogP contribution in [0.15, 0.2) is 55.1 Å². The van der Waals surface area contributed by atoms with Crippen molar-refractivity contribution in [3.05, 3.63) is 60.8 Å². The van der Waals surface area contributed by atoms with Crippen LogP contribution in [0.5, 0.6) is 0 Å². The summed E-state index contributed by atoms with van der Waals surface area (Å²) < 4.78 is 2.31. The molecule has 3 rings (SSSR count). The molecule has 0 fully saturated rings. The van der Waals surface area contributed by atoms with Crippen LogP contribution < -0.4 is 5.32 Å². The van der Waals surface area contributed by atoms with Crippen molar-refractivity contribution in [2.45, 2.75) is 25.9 Å². The highest BCUT2D eigenvalue weighted by Crippen LogP contribution is 2.15. The molecule has 4 heteroatoms. The van der Waals surface area contributed by atoms with E-state index < -0.39 is 0 Å². The number of aromatic nitrogens is 3. The van der Waals surface area contributed by atoms with Crippen LogP contribution in [0.1, 0.15) is 25.1 Å². The number of nitrogens with one attached hydrogen (secondary N) is 1. The molecule has 0 spiro atoms. The summed E-state index contributed by atoms with van der Waals surface area (Å²) in [7, 11) is 0. The van der Waals surface area contributed by atoms with E-state index in [9.17, 15) is 0 Å². The summed E-state index contributed by atoms with van der Waals surface area (Å²) in [5, 5.41) is 4.80. The van der Waals surface area contributed by atoms with Crippen molar-refractivity contribution in [2.75, 3.05) is 6.54 Å². The van der Waals surface area contributed by atoms with Gasteiger partial charge in [0.05, 0.1) is 5.69 Å². The van der Waals surface area contributed by atoms with Crippen LogP contribution in [0.2, 0.25) is 0 Å². The molecular formula is C17H20N4. The molecular weight excluding hydrogens is 260 g/mol. The second-order valence-corrected chi connectivity index (χ2v) is 5.23. The molecule has 0 aliphatic heterocycles. The molecule has 0 bridgehead atoms. The van der Waals surface area contributed by atoms with Crippen molar-refractivity contribution in [3.8, 4) is 0 Å². The smallest absolute Gasteiger partial charge is 0.0753 e. The van der Waals surface area contributed by atoms with Crippen molar-refractivity contribution < 1.29 is 0 Å². The van der Waals surface area contributed by atoms with E-state index in [1.165, 1.54) is 10.9 Å². The molecule has 21 heavy (non-hydrogen) atoms. The van der Waals surface area contributed by atoms with Gasteiger partial charge in [-0.15, -0.1) is 0 Å².